The van der Waals surface area contributed by atoms with Gasteiger partial charge in [0.2, 0.25) is 0 Å². The van der Waals surface area contributed by atoms with Crippen molar-refractivity contribution in [2.24, 2.45) is 0 Å². The number of anilines is 5. The number of hydrogen-bond acceptors (Lipinski definition) is 2. The summed E-state index contributed by atoms with van der Waals surface area (Å²) < 4.78 is 0. The van der Waals surface area contributed by atoms with Gasteiger partial charge in [-0.3, -0.25) is 0 Å². The van der Waals surface area contributed by atoms with Crippen molar-refractivity contribution in [1.82, 2.24) is 0 Å². The van der Waals surface area contributed by atoms with Crippen LogP contribution in [-0.2, 0) is 0 Å². The molecule has 240 valence electrons. The van der Waals surface area contributed by atoms with Crippen LogP contribution in [0.4, 0.5) is 28.4 Å². The minimum atomic E-state index is 0.184. The molecule has 7 rings (SSSR count). The Hall–Kier alpha value is -5.08. The van der Waals surface area contributed by atoms with Gasteiger partial charge in [-0.2, -0.15) is 0 Å². The van der Waals surface area contributed by atoms with Crippen molar-refractivity contribution in [3.63, 3.8) is 0 Å². The summed E-state index contributed by atoms with van der Waals surface area (Å²) >= 11 is 0. The van der Waals surface area contributed by atoms with Gasteiger partial charge in [0.15, 0.2) is 0 Å². The second kappa shape index (κ2) is 12.5. The zero-order valence-corrected chi connectivity index (χ0v) is 29.6. The molecule has 1 atom stereocenters. The van der Waals surface area contributed by atoms with E-state index in [4.69, 9.17) is 0 Å². The molecule has 0 spiro atoms. The summed E-state index contributed by atoms with van der Waals surface area (Å²) in [6, 6.07) is 39.0. The fourth-order valence-corrected chi connectivity index (χ4v) is 7.20. The Bertz CT molecular complexity index is 2160. The maximum Gasteiger partial charge on any atom is 0.0619 e. The molecule has 0 saturated heterocycles. The SMILES string of the molecule is CC1=C(C)CC(N(c2ccc(C)c(C)c2)c2c3ccccc3c(N(c3ccc(C)c(C)c3)c3ccc(C)c(C)c3)c3ccccc23)C=C1. The summed E-state index contributed by atoms with van der Waals surface area (Å²) in [4.78, 5) is 5.11. The van der Waals surface area contributed by atoms with Gasteiger partial charge in [0, 0.05) is 38.6 Å². The van der Waals surface area contributed by atoms with E-state index >= 15 is 0 Å². The molecular formula is C46H46N2. The minimum Gasteiger partial charge on any atom is -0.333 e. The molecule has 0 bridgehead atoms. The summed E-state index contributed by atoms with van der Waals surface area (Å²) in [5.41, 5.74) is 16.6. The third kappa shape index (κ3) is 5.50. The number of allylic oxidation sites excluding steroid dienone is 2. The van der Waals surface area contributed by atoms with Crippen molar-refractivity contribution in [2.75, 3.05) is 9.80 Å². The topological polar surface area (TPSA) is 6.48 Å². The van der Waals surface area contributed by atoms with E-state index in [0.29, 0.717) is 0 Å². The molecule has 0 amide bonds. The lowest BCUT2D eigenvalue weighted by Gasteiger charge is -2.37. The summed E-state index contributed by atoms with van der Waals surface area (Å²) in [6.45, 7) is 17.8. The fourth-order valence-electron chi connectivity index (χ4n) is 7.20. The highest BCUT2D eigenvalue weighted by atomic mass is 15.2. The van der Waals surface area contributed by atoms with Crippen LogP contribution in [0.1, 0.15) is 53.6 Å². The van der Waals surface area contributed by atoms with Crippen LogP contribution in [0.3, 0.4) is 0 Å². The van der Waals surface area contributed by atoms with Gasteiger partial charge in [-0.15, -0.1) is 0 Å². The first kappa shape index (κ1) is 31.5. The first-order chi connectivity index (χ1) is 23.1. The molecule has 2 nitrogen and oxygen atoms in total. The van der Waals surface area contributed by atoms with Crippen LogP contribution in [0, 0.1) is 41.5 Å². The number of nitrogens with zero attached hydrogens (tertiary/aromatic N) is 2. The minimum absolute atomic E-state index is 0.184. The standard InChI is InChI=1S/C46H46N2/c1-29-17-21-37(25-33(29)5)47(38-22-18-30(2)34(6)26-38)45-41-13-9-11-15-43(41)46(44-16-12-10-14-42(44)45)48(39-23-19-31(3)35(7)27-39)40-24-20-32(4)36(8)28-40/h9-27,40H,28H2,1-8H3. The van der Waals surface area contributed by atoms with Crippen molar-refractivity contribution in [1.29, 1.82) is 0 Å². The molecule has 0 fully saturated rings. The van der Waals surface area contributed by atoms with Gasteiger partial charge in [0.05, 0.1) is 17.4 Å². The highest BCUT2D eigenvalue weighted by Crippen LogP contribution is 2.50. The van der Waals surface area contributed by atoms with Crippen molar-refractivity contribution >= 4 is 50.0 Å². The lowest BCUT2D eigenvalue weighted by atomic mass is 9.91. The highest BCUT2D eigenvalue weighted by molar-refractivity contribution is 6.22. The van der Waals surface area contributed by atoms with Crippen LogP contribution in [0.5, 0.6) is 0 Å². The Morgan fingerprint density at radius 3 is 1.31 bits per heavy atom. The zero-order valence-electron chi connectivity index (χ0n) is 29.6. The van der Waals surface area contributed by atoms with Crippen molar-refractivity contribution < 1.29 is 0 Å². The van der Waals surface area contributed by atoms with Gasteiger partial charge in [-0.1, -0.05) is 90.0 Å². The Morgan fingerprint density at radius 2 is 0.875 bits per heavy atom. The lowest BCUT2D eigenvalue weighted by molar-refractivity contribution is 0.752. The Labute approximate surface area is 286 Å². The average Bonchev–Trinajstić information content (AvgIpc) is 3.08. The maximum absolute atomic E-state index is 2.61. The van der Waals surface area contributed by atoms with Crippen LogP contribution >= 0.6 is 0 Å². The van der Waals surface area contributed by atoms with Gasteiger partial charge >= 0.3 is 0 Å². The summed E-state index contributed by atoms with van der Waals surface area (Å²) in [7, 11) is 0. The molecule has 1 aliphatic rings. The van der Waals surface area contributed by atoms with E-state index in [1.807, 2.05) is 0 Å². The van der Waals surface area contributed by atoms with Crippen LogP contribution < -0.4 is 9.80 Å². The second-order valence-electron chi connectivity index (χ2n) is 13.9. The average molecular weight is 627 g/mol. The third-order valence-electron chi connectivity index (χ3n) is 10.7. The number of hydrogen-bond donors (Lipinski definition) is 0. The first-order valence-corrected chi connectivity index (χ1v) is 17.2. The van der Waals surface area contributed by atoms with E-state index in [9.17, 15) is 0 Å². The van der Waals surface area contributed by atoms with E-state index in [1.165, 1.54) is 94.5 Å². The monoisotopic (exact) mass is 626 g/mol. The summed E-state index contributed by atoms with van der Waals surface area (Å²) in [5, 5.41) is 4.97. The molecule has 0 radical (unpaired) electrons. The fraction of sp³-hybridized carbons (Fsp3) is 0.217. The third-order valence-corrected chi connectivity index (χ3v) is 10.7. The summed E-state index contributed by atoms with van der Waals surface area (Å²) in [5.74, 6) is 0. The molecule has 6 aromatic carbocycles. The summed E-state index contributed by atoms with van der Waals surface area (Å²) in [6.07, 6.45) is 5.71. The molecule has 48 heavy (non-hydrogen) atoms. The van der Waals surface area contributed by atoms with Crippen molar-refractivity contribution in [3.05, 3.63) is 160 Å². The predicted molar refractivity (Wildman–Crippen MR) is 209 cm³/mol. The van der Waals surface area contributed by atoms with Gasteiger partial charge in [0.1, 0.15) is 0 Å². The van der Waals surface area contributed by atoms with Crippen LogP contribution in [0.15, 0.2) is 126 Å². The smallest absolute Gasteiger partial charge is 0.0619 e. The Morgan fingerprint density at radius 1 is 0.458 bits per heavy atom. The molecule has 1 aliphatic carbocycles. The number of rotatable bonds is 6. The maximum atomic E-state index is 2.61. The molecule has 6 aromatic rings. The Balaban J connectivity index is 1.59. The van der Waals surface area contributed by atoms with E-state index in [1.54, 1.807) is 0 Å². The molecule has 2 heteroatoms. The van der Waals surface area contributed by atoms with Crippen molar-refractivity contribution in [2.45, 2.75) is 67.9 Å². The second-order valence-corrected chi connectivity index (χ2v) is 13.9. The quantitative estimate of drug-likeness (QED) is 0.134. The normalized spacial score (nSPS) is 14.6. The van der Waals surface area contributed by atoms with Crippen LogP contribution in [0.25, 0.3) is 21.5 Å². The van der Waals surface area contributed by atoms with Crippen molar-refractivity contribution in [3.8, 4) is 0 Å². The molecule has 0 aromatic heterocycles. The molecule has 0 saturated carbocycles. The van der Waals surface area contributed by atoms with Gasteiger partial charge < -0.3 is 9.80 Å². The number of benzene rings is 6. The molecule has 0 aliphatic heterocycles. The highest BCUT2D eigenvalue weighted by Gasteiger charge is 2.29. The molecule has 0 N–H and O–H groups in total. The zero-order chi connectivity index (χ0) is 33.7. The number of aryl methyl sites for hydroxylation is 6. The van der Waals surface area contributed by atoms with E-state index in [2.05, 4.69) is 180 Å². The van der Waals surface area contributed by atoms with Crippen LogP contribution in [0.2, 0.25) is 0 Å². The van der Waals surface area contributed by atoms with Gasteiger partial charge in [-0.25, -0.2) is 0 Å². The largest absolute Gasteiger partial charge is 0.333 e. The first-order valence-electron chi connectivity index (χ1n) is 17.2. The predicted octanol–water partition coefficient (Wildman–Crippen LogP) is 13.1. The molecular weight excluding hydrogens is 581 g/mol. The molecule has 0 heterocycles. The Kier molecular flexibility index (Phi) is 8.21. The van der Waals surface area contributed by atoms with E-state index in [0.717, 1.165) is 6.42 Å². The van der Waals surface area contributed by atoms with E-state index < -0.39 is 0 Å². The van der Waals surface area contributed by atoms with Gasteiger partial charge in [-0.05, 0) is 132 Å². The van der Waals surface area contributed by atoms with Crippen LogP contribution in [-0.4, -0.2) is 6.04 Å². The molecule has 1 unspecified atom stereocenters. The number of fused-ring (bicyclic) bond motifs is 2. The lowest BCUT2D eigenvalue weighted by Crippen LogP contribution is -2.31. The van der Waals surface area contributed by atoms with Gasteiger partial charge in [0.25, 0.3) is 0 Å². The van der Waals surface area contributed by atoms with E-state index in [-0.39, 0.29) is 6.04 Å².